The van der Waals surface area contributed by atoms with E-state index >= 15 is 0 Å². The van der Waals surface area contributed by atoms with E-state index in [0.717, 1.165) is 5.69 Å². The summed E-state index contributed by atoms with van der Waals surface area (Å²) >= 11 is 0. The third kappa shape index (κ3) is 2.71. The summed E-state index contributed by atoms with van der Waals surface area (Å²) < 4.78 is 36.4. The summed E-state index contributed by atoms with van der Waals surface area (Å²) in [6.07, 6.45) is 2.83. The summed E-state index contributed by atoms with van der Waals surface area (Å²) in [5.41, 5.74) is 0.848. The van der Waals surface area contributed by atoms with Gasteiger partial charge in [-0.25, -0.2) is 8.42 Å². The number of rotatable bonds is 4. The summed E-state index contributed by atoms with van der Waals surface area (Å²) in [5.74, 6) is 0.119. The predicted molar refractivity (Wildman–Crippen MR) is 72.5 cm³/mol. The molecule has 0 unspecified atom stereocenters. The first-order valence-corrected chi connectivity index (χ1v) is 8.46. The number of ether oxygens (including phenoxy) is 2. The molecular formula is C13H18N2O4S. The van der Waals surface area contributed by atoms with E-state index < -0.39 is 10.0 Å². The zero-order chi connectivity index (χ0) is 14.2. The van der Waals surface area contributed by atoms with Crippen LogP contribution >= 0.6 is 0 Å². The van der Waals surface area contributed by atoms with Gasteiger partial charge in [0.25, 0.3) is 0 Å². The van der Waals surface area contributed by atoms with Gasteiger partial charge < -0.3 is 9.47 Å². The number of pyridine rings is 1. The Kier molecular flexibility index (Phi) is 3.76. The summed E-state index contributed by atoms with van der Waals surface area (Å²) in [6.45, 7) is 1.82. The van der Waals surface area contributed by atoms with Crippen LogP contribution in [0.3, 0.4) is 0 Å². The first-order chi connectivity index (χ1) is 9.55. The lowest BCUT2D eigenvalue weighted by atomic mass is 10.0. The molecule has 0 aliphatic carbocycles. The molecule has 20 heavy (non-hydrogen) atoms. The van der Waals surface area contributed by atoms with Crippen LogP contribution in [0.5, 0.6) is 0 Å². The average Bonchev–Trinajstić information content (AvgIpc) is 2.98. The van der Waals surface area contributed by atoms with Crippen molar-refractivity contribution in [2.75, 3.05) is 26.0 Å². The number of sulfonamides is 1. The minimum Gasteiger partial charge on any atom is -0.379 e. The van der Waals surface area contributed by atoms with E-state index in [1.54, 1.807) is 6.20 Å². The summed E-state index contributed by atoms with van der Waals surface area (Å²) in [6, 6.07) is 5.57. The Morgan fingerprint density at radius 2 is 2.30 bits per heavy atom. The van der Waals surface area contributed by atoms with Crippen molar-refractivity contribution in [3.8, 4) is 0 Å². The first kappa shape index (κ1) is 13.9. The van der Waals surface area contributed by atoms with Crippen molar-refractivity contribution >= 4 is 10.0 Å². The predicted octanol–water partition coefficient (Wildman–Crippen LogP) is 0.257. The number of aromatic nitrogens is 1. The van der Waals surface area contributed by atoms with E-state index in [1.165, 1.54) is 10.6 Å². The Balaban J connectivity index is 1.68. The van der Waals surface area contributed by atoms with Gasteiger partial charge >= 0.3 is 0 Å². The van der Waals surface area contributed by atoms with Gasteiger partial charge in [0.1, 0.15) is 0 Å². The second-order valence-electron chi connectivity index (χ2n) is 5.27. The van der Waals surface area contributed by atoms with Gasteiger partial charge in [0.15, 0.2) is 0 Å². The Morgan fingerprint density at radius 3 is 3.00 bits per heavy atom. The maximum absolute atomic E-state index is 11.8. The molecule has 3 rings (SSSR count). The lowest BCUT2D eigenvalue weighted by Gasteiger charge is -2.18. The van der Waals surface area contributed by atoms with Gasteiger partial charge in [0, 0.05) is 18.7 Å². The normalized spacial score (nSPS) is 30.6. The molecule has 0 radical (unpaired) electrons. The van der Waals surface area contributed by atoms with Gasteiger partial charge in [-0.2, -0.15) is 4.31 Å². The average molecular weight is 298 g/mol. The van der Waals surface area contributed by atoms with E-state index in [-0.39, 0.29) is 18.1 Å². The molecule has 6 nitrogen and oxygen atoms in total. The Bertz CT molecular complexity index is 563. The third-order valence-corrected chi connectivity index (χ3v) is 5.17. The number of nitrogens with zero attached hydrogens (tertiary/aromatic N) is 2. The molecule has 3 atom stereocenters. The highest BCUT2D eigenvalue weighted by atomic mass is 32.2. The van der Waals surface area contributed by atoms with Crippen molar-refractivity contribution < 1.29 is 17.9 Å². The number of fused-ring (bicyclic) bond motifs is 1. The molecule has 2 fully saturated rings. The second kappa shape index (κ2) is 5.40. The van der Waals surface area contributed by atoms with Crippen molar-refractivity contribution in [3.63, 3.8) is 0 Å². The van der Waals surface area contributed by atoms with Crippen LogP contribution in [0.15, 0.2) is 24.4 Å². The summed E-state index contributed by atoms with van der Waals surface area (Å²) in [4.78, 5) is 4.20. The SMILES string of the molecule is CS(=O)(=O)N1C[C@H](OCc2ccccn2)[C@H]2COC[C@H]21. The third-order valence-electron chi connectivity index (χ3n) is 3.90. The standard InChI is InChI=1S/C13H18N2O4S/c1-20(16,17)15-6-13(11-8-18-9-12(11)15)19-7-10-4-2-3-5-14-10/h2-5,11-13H,6-9H2,1H3/t11-,12+,13-/m0/s1. The molecule has 2 saturated heterocycles. The van der Waals surface area contributed by atoms with Gasteiger partial charge in [-0.15, -0.1) is 0 Å². The van der Waals surface area contributed by atoms with Crippen LogP contribution in [0.1, 0.15) is 5.69 Å². The van der Waals surface area contributed by atoms with Crippen molar-refractivity contribution in [1.29, 1.82) is 0 Å². The molecular weight excluding hydrogens is 280 g/mol. The zero-order valence-electron chi connectivity index (χ0n) is 11.3. The number of hydrogen-bond donors (Lipinski definition) is 0. The van der Waals surface area contributed by atoms with Crippen LogP contribution in [0, 0.1) is 5.92 Å². The molecule has 0 amide bonds. The quantitative estimate of drug-likeness (QED) is 0.797. The van der Waals surface area contributed by atoms with Crippen LogP contribution in [0.25, 0.3) is 0 Å². The Hall–Kier alpha value is -1.02. The Morgan fingerprint density at radius 1 is 1.45 bits per heavy atom. The van der Waals surface area contributed by atoms with E-state index in [2.05, 4.69) is 4.98 Å². The van der Waals surface area contributed by atoms with Gasteiger partial charge in [0.2, 0.25) is 10.0 Å². The van der Waals surface area contributed by atoms with Crippen molar-refractivity contribution in [2.45, 2.75) is 18.8 Å². The van der Waals surface area contributed by atoms with Gasteiger partial charge in [0.05, 0.1) is 43.9 Å². The molecule has 7 heteroatoms. The minimum atomic E-state index is -3.21. The Labute approximate surface area is 118 Å². The fourth-order valence-electron chi connectivity index (χ4n) is 2.89. The molecule has 0 saturated carbocycles. The molecule has 3 heterocycles. The topological polar surface area (TPSA) is 68.7 Å². The molecule has 0 spiro atoms. The highest BCUT2D eigenvalue weighted by Gasteiger charge is 2.49. The molecule has 1 aromatic heterocycles. The van der Waals surface area contributed by atoms with E-state index in [4.69, 9.17) is 9.47 Å². The van der Waals surface area contributed by atoms with E-state index in [9.17, 15) is 8.42 Å². The van der Waals surface area contributed by atoms with E-state index in [0.29, 0.717) is 26.4 Å². The monoisotopic (exact) mass is 298 g/mol. The lowest BCUT2D eigenvalue weighted by Crippen LogP contribution is -2.37. The lowest BCUT2D eigenvalue weighted by molar-refractivity contribution is 0.0113. The van der Waals surface area contributed by atoms with Crippen LogP contribution in [-0.4, -0.2) is 55.9 Å². The smallest absolute Gasteiger partial charge is 0.211 e. The van der Waals surface area contributed by atoms with E-state index in [1.807, 2.05) is 18.2 Å². The highest BCUT2D eigenvalue weighted by molar-refractivity contribution is 7.88. The van der Waals surface area contributed by atoms with Crippen LogP contribution in [-0.2, 0) is 26.1 Å². The van der Waals surface area contributed by atoms with Gasteiger partial charge in [-0.3, -0.25) is 4.98 Å². The van der Waals surface area contributed by atoms with Crippen molar-refractivity contribution in [2.24, 2.45) is 5.92 Å². The second-order valence-corrected chi connectivity index (χ2v) is 7.21. The largest absolute Gasteiger partial charge is 0.379 e. The molecule has 0 N–H and O–H groups in total. The molecule has 2 aliphatic heterocycles. The molecule has 0 bridgehead atoms. The van der Waals surface area contributed by atoms with Crippen LogP contribution in [0.2, 0.25) is 0 Å². The summed E-state index contributed by atoms with van der Waals surface area (Å²) in [7, 11) is -3.21. The molecule has 1 aromatic rings. The van der Waals surface area contributed by atoms with Crippen LogP contribution < -0.4 is 0 Å². The van der Waals surface area contributed by atoms with Crippen molar-refractivity contribution in [1.82, 2.24) is 9.29 Å². The molecule has 2 aliphatic rings. The minimum absolute atomic E-state index is 0.0845. The highest BCUT2D eigenvalue weighted by Crippen LogP contribution is 2.33. The number of hydrogen-bond acceptors (Lipinski definition) is 5. The fourth-order valence-corrected chi connectivity index (χ4v) is 4.02. The van der Waals surface area contributed by atoms with Crippen molar-refractivity contribution in [3.05, 3.63) is 30.1 Å². The summed E-state index contributed by atoms with van der Waals surface area (Å²) in [5, 5.41) is 0. The van der Waals surface area contributed by atoms with Gasteiger partial charge in [-0.1, -0.05) is 6.07 Å². The molecule has 110 valence electrons. The van der Waals surface area contributed by atoms with Crippen LogP contribution in [0.4, 0.5) is 0 Å². The first-order valence-electron chi connectivity index (χ1n) is 6.62. The maximum Gasteiger partial charge on any atom is 0.211 e. The fraction of sp³-hybridized carbons (Fsp3) is 0.615. The van der Waals surface area contributed by atoms with Gasteiger partial charge in [-0.05, 0) is 12.1 Å². The zero-order valence-corrected chi connectivity index (χ0v) is 12.1. The molecule has 0 aromatic carbocycles. The maximum atomic E-state index is 11.8.